The Bertz CT molecular complexity index is 734. The molecular weight excluding hydrogens is 392 g/mol. The van der Waals surface area contributed by atoms with Gasteiger partial charge in [0.1, 0.15) is 0 Å². The second-order valence-corrected chi connectivity index (χ2v) is 14.6. The number of ether oxygens (including phenoxy) is 1. The van der Waals surface area contributed by atoms with Crippen molar-refractivity contribution in [2.45, 2.75) is 71.2 Å². The number of carbonyl (C=O) groups excluding carboxylic acids is 1. The van der Waals surface area contributed by atoms with E-state index in [2.05, 4.69) is 44.8 Å². The molecule has 5 nitrogen and oxygen atoms in total. The van der Waals surface area contributed by atoms with Gasteiger partial charge in [-0.2, -0.15) is 5.26 Å². The monoisotopic (exact) mass is 430 g/mol. The van der Waals surface area contributed by atoms with Gasteiger partial charge in [-0.15, -0.1) is 0 Å². The highest BCUT2D eigenvalue weighted by Crippen LogP contribution is 2.40. The lowest BCUT2D eigenvalue weighted by Gasteiger charge is -2.42. The molecule has 1 saturated heterocycles. The molecule has 0 radical (unpaired) electrons. The predicted molar refractivity (Wildman–Crippen MR) is 123 cm³/mol. The molecule has 166 valence electrons. The van der Waals surface area contributed by atoms with E-state index < -0.39 is 8.32 Å². The SMILES string of the molecule is CCOC(=O)C[C@H]1CCCN(C[C@H](O[Si](C)(C)C(C)(C)C)c2ccc(C#N)cc2)C1. The molecule has 1 heterocycles. The lowest BCUT2D eigenvalue weighted by Crippen LogP contribution is -2.45. The van der Waals surface area contributed by atoms with Crippen molar-refractivity contribution < 1.29 is 14.0 Å². The second kappa shape index (κ2) is 10.6. The second-order valence-electron chi connectivity index (χ2n) is 9.88. The van der Waals surface area contributed by atoms with Crippen molar-refractivity contribution >= 4 is 14.3 Å². The number of benzene rings is 1. The normalized spacial score (nSPS) is 19.2. The van der Waals surface area contributed by atoms with Crippen LogP contribution in [-0.2, 0) is 14.0 Å². The smallest absolute Gasteiger partial charge is 0.306 e. The quantitative estimate of drug-likeness (QED) is 0.414. The molecule has 2 atom stereocenters. The van der Waals surface area contributed by atoms with Crippen molar-refractivity contribution in [3.8, 4) is 6.07 Å². The van der Waals surface area contributed by atoms with Crippen LogP contribution in [0.2, 0.25) is 18.1 Å². The van der Waals surface area contributed by atoms with Crippen molar-refractivity contribution in [1.29, 1.82) is 5.26 Å². The van der Waals surface area contributed by atoms with Crippen LogP contribution in [0, 0.1) is 17.2 Å². The molecule has 6 heteroatoms. The zero-order valence-corrected chi connectivity index (χ0v) is 20.5. The van der Waals surface area contributed by atoms with Crippen molar-refractivity contribution in [3.05, 3.63) is 35.4 Å². The van der Waals surface area contributed by atoms with Crippen LogP contribution in [0.5, 0.6) is 0 Å². The Labute approximate surface area is 183 Å². The van der Waals surface area contributed by atoms with Crippen molar-refractivity contribution in [2.75, 3.05) is 26.2 Å². The van der Waals surface area contributed by atoms with Crippen LogP contribution in [0.25, 0.3) is 0 Å². The number of nitriles is 1. The van der Waals surface area contributed by atoms with Gasteiger partial charge in [-0.25, -0.2) is 0 Å². The molecule has 2 rings (SSSR count). The van der Waals surface area contributed by atoms with Crippen LogP contribution < -0.4 is 0 Å². The van der Waals surface area contributed by atoms with Crippen molar-refractivity contribution in [1.82, 2.24) is 4.90 Å². The largest absolute Gasteiger partial charge is 0.466 e. The summed E-state index contributed by atoms with van der Waals surface area (Å²) < 4.78 is 12.0. The molecule has 0 bridgehead atoms. The molecule has 1 aromatic carbocycles. The Morgan fingerprint density at radius 2 is 1.97 bits per heavy atom. The summed E-state index contributed by atoms with van der Waals surface area (Å²) in [4.78, 5) is 14.4. The third-order valence-electron chi connectivity index (χ3n) is 6.44. The molecule has 0 amide bonds. The fourth-order valence-electron chi connectivity index (χ4n) is 3.69. The zero-order chi connectivity index (χ0) is 22.4. The van der Waals surface area contributed by atoms with Crippen LogP contribution in [0.15, 0.2) is 24.3 Å². The highest BCUT2D eigenvalue weighted by Gasteiger charge is 2.40. The van der Waals surface area contributed by atoms with E-state index in [-0.39, 0.29) is 17.1 Å². The van der Waals surface area contributed by atoms with Crippen molar-refractivity contribution in [2.24, 2.45) is 5.92 Å². The number of hydrogen-bond acceptors (Lipinski definition) is 5. The van der Waals surface area contributed by atoms with E-state index in [1.165, 1.54) is 0 Å². The summed E-state index contributed by atoms with van der Waals surface area (Å²) in [7, 11) is -1.98. The van der Waals surface area contributed by atoms with Gasteiger partial charge in [0.2, 0.25) is 0 Å². The third-order valence-corrected chi connectivity index (χ3v) is 10.9. The summed E-state index contributed by atoms with van der Waals surface area (Å²) >= 11 is 0. The fourth-order valence-corrected chi connectivity index (χ4v) is 4.96. The number of carbonyl (C=O) groups is 1. The first-order valence-corrected chi connectivity index (χ1v) is 14.0. The number of nitrogens with zero attached hydrogens (tertiary/aromatic N) is 2. The molecule has 30 heavy (non-hydrogen) atoms. The van der Waals surface area contributed by atoms with Gasteiger partial charge in [-0.05, 0) is 68.1 Å². The average Bonchev–Trinajstić information content (AvgIpc) is 2.67. The minimum absolute atomic E-state index is 0.0417. The van der Waals surface area contributed by atoms with Gasteiger partial charge in [0, 0.05) is 19.5 Å². The Morgan fingerprint density at radius 1 is 1.30 bits per heavy atom. The standard InChI is InChI=1S/C24H38N2O3Si/c1-7-28-23(27)15-20-9-8-14-26(17-20)18-22(29-30(5,6)24(2,3)4)21-12-10-19(16-25)11-13-21/h10-13,20,22H,7-9,14-15,17-18H2,1-6H3/t20-,22+/m1/s1. The summed E-state index contributed by atoms with van der Waals surface area (Å²) in [6.07, 6.45) is 2.61. The number of esters is 1. The average molecular weight is 431 g/mol. The van der Waals surface area contributed by atoms with E-state index in [9.17, 15) is 4.79 Å². The van der Waals surface area contributed by atoms with E-state index in [1.807, 2.05) is 31.2 Å². The maximum absolute atomic E-state index is 11.9. The summed E-state index contributed by atoms with van der Waals surface area (Å²) in [6.45, 7) is 16.3. The lowest BCUT2D eigenvalue weighted by atomic mass is 9.94. The predicted octanol–water partition coefficient (Wildman–Crippen LogP) is 5.29. The highest BCUT2D eigenvalue weighted by atomic mass is 28.4. The van der Waals surface area contributed by atoms with Crippen LogP contribution in [0.1, 0.15) is 64.2 Å². The molecule has 0 saturated carbocycles. The zero-order valence-electron chi connectivity index (χ0n) is 19.5. The first-order chi connectivity index (χ1) is 14.1. The summed E-state index contributed by atoms with van der Waals surface area (Å²) in [6, 6.07) is 9.99. The van der Waals surface area contributed by atoms with Gasteiger partial charge >= 0.3 is 5.97 Å². The maximum Gasteiger partial charge on any atom is 0.306 e. The first-order valence-electron chi connectivity index (χ1n) is 11.1. The van der Waals surface area contributed by atoms with E-state index >= 15 is 0 Å². The first kappa shape index (κ1) is 24.6. The summed E-state index contributed by atoms with van der Waals surface area (Å²) in [5.41, 5.74) is 1.78. The molecule has 1 aliphatic rings. The molecule has 1 aliphatic heterocycles. The fraction of sp³-hybridized carbons (Fsp3) is 0.667. The van der Waals surface area contributed by atoms with Crippen LogP contribution in [0.4, 0.5) is 0 Å². The Kier molecular flexibility index (Phi) is 8.66. The molecule has 1 fully saturated rings. The van der Waals surface area contributed by atoms with Crippen LogP contribution in [-0.4, -0.2) is 45.4 Å². The summed E-state index contributed by atoms with van der Waals surface area (Å²) in [5.74, 6) is 0.248. The molecule has 0 N–H and O–H groups in total. The molecule has 1 aromatic rings. The van der Waals surface area contributed by atoms with Crippen LogP contribution in [0.3, 0.4) is 0 Å². The van der Waals surface area contributed by atoms with E-state index in [0.29, 0.717) is 24.5 Å². The third kappa shape index (κ3) is 6.94. The van der Waals surface area contributed by atoms with E-state index in [1.54, 1.807) is 0 Å². The molecule has 0 aromatic heterocycles. The van der Waals surface area contributed by atoms with Crippen LogP contribution >= 0.6 is 0 Å². The van der Waals surface area contributed by atoms with Gasteiger partial charge < -0.3 is 14.1 Å². The lowest BCUT2D eigenvalue weighted by molar-refractivity contribution is -0.144. The number of rotatable bonds is 8. The van der Waals surface area contributed by atoms with Gasteiger partial charge in [0.05, 0.1) is 24.3 Å². The summed E-state index contributed by atoms with van der Waals surface area (Å²) in [5, 5.41) is 9.26. The highest BCUT2D eigenvalue weighted by molar-refractivity contribution is 6.74. The molecule has 0 spiro atoms. The van der Waals surface area contributed by atoms with Gasteiger partial charge in [0.15, 0.2) is 8.32 Å². The molecular formula is C24H38N2O3Si. The van der Waals surface area contributed by atoms with Gasteiger partial charge in [-0.3, -0.25) is 4.79 Å². The molecule has 0 aliphatic carbocycles. The van der Waals surface area contributed by atoms with Gasteiger partial charge in [-0.1, -0.05) is 32.9 Å². The van der Waals surface area contributed by atoms with Gasteiger partial charge in [0.25, 0.3) is 0 Å². The minimum Gasteiger partial charge on any atom is -0.466 e. The minimum atomic E-state index is -1.98. The Hall–Kier alpha value is -1.68. The maximum atomic E-state index is 11.9. The molecule has 0 unspecified atom stereocenters. The van der Waals surface area contributed by atoms with E-state index in [0.717, 1.165) is 38.0 Å². The Morgan fingerprint density at radius 3 is 2.53 bits per heavy atom. The van der Waals surface area contributed by atoms with Crippen molar-refractivity contribution in [3.63, 3.8) is 0 Å². The topological polar surface area (TPSA) is 62.6 Å². The number of piperidine rings is 1. The number of hydrogen-bond donors (Lipinski definition) is 0. The number of likely N-dealkylation sites (tertiary alicyclic amines) is 1. The Balaban J connectivity index is 2.15. The van der Waals surface area contributed by atoms with E-state index in [4.69, 9.17) is 14.4 Å².